The zero-order valence-electron chi connectivity index (χ0n) is 14.9. The topological polar surface area (TPSA) is 58.9 Å². The summed E-state index contributed by atoms with van der Waals surface area (Å²) in [5.74, 6) is 1.67. The number of nitrogens with one attached hydrogen (secondary N) is 1. The molecule has 3 heterocycles. The molecule has 1 saturated heterocycles. The summed E-state index contributed by atoms with van der Waals surface area (Å²) in [4.78, 5) is 11.9. The van der Waals surface area contributed by atoms with Gasteiger partial charge in [-0.25, -0.2) is 0 Å². The molecule has 4 rings (SSSR count). The Bertz CT molecular complexity index is 879. The lowest BCUT2D eigenvalue weighted by atomic mass is 10.1. The third-order valence-corrected chi connectivity index (χ3v) is 4.93. The van der Waals surface area contributed by atoms with Crippen LogP contribution in [0, 0.1) is 6.92 Å². The lowest BCUT2D eigenvalue weighted by molar-refractivity contribution is 0.568. The molecule has 1 aromatic carbocycles. The van der Waals surface area contributed by atoms with E-state index in [0.717, 1.165) is 42.4 Å². The zero-order valence-corrected chi connectivity index (χ0v) is 14.9. The van der Waals surface area contributed by atoms with Crippen molar-refractivity contribution < 1.29 is 0 Å². The van der Waals surface area contributed by atoms with Gasteiger partial charge in [-0.05, 0) is 37.3 Å². The number of aromatic nitrogens is 4. The average Bonchev–Trinajstić information content (AvgIpc) is 3.03. The van der Waals surface area contributed by atoms with Crippen LogP contribution in [0.1, 0.15) is 30.4 Å². The summed E-state index contributed by atoms with van der Waals surface area (Å²) in [5.41, 5.74) is 3.43. The molecule has 0 amide bonds. The Morgan fingerprint density at radius 1 is 1.08 bits per heavy atom. The third kappa shape index (κ3) is 3.16. The number of piperidine rings is 1. The van der Waals surface area contributed by atoms with Crippen molar-refractivity contribution in [2.45, 2.75) is 32.7 Å². The summed E-state index contributed by atoms with van der Waals surface area (Å²) in [7, 11) is 1.93. The molecule has 0 saturated carbocycles. The zero-order chi connectivity index (χ0) is 17.2. The predicted molar refractivity (Wildman–Crippen MR) is 101 cm³/mol. The Balaban J connectivity index is 1.67. The molecule has 6 nitrogen and oxygen atoms in total. The van der Waals surface area contributed by atoms with Gasteiger partial charge in [-0.15, -0.1) is 0 Å². The number of hydrogen-bond acceptors (Lipinski definition) is 5. The number of hydrogen-bond donors (Lipinski definition) is 1. The van der Waals surface area contributed by atoms with Crippen molar-refractivity contribution in [3.8, 4) is 0 Å². The molecule has 0 atom stereocenters. The van der Waals surface area contributed by atoms with Crippen LogP contribution in [0.3, 0.4) is 0 Å². The summed E-state index contributed by atoms with van der Waals surface area (Å²) in [6.07, 6.45) is 5.55. The fourth-order valence-corrected chi connectivity index (χ4v) is 3.37. The molecule has 25 heavy (non-hydrogen) atoms. The van der Waals surface area contributed by atoms with Crippen molar-refractivity contribution in [3.05, 3.63) is 41.6 Å². The summed E-state index contributed by atoms with van der Waals surface area (Å²) in [6.45, 7) is 4.93. The maximum atomic E-state index is 4.83. The van der Waals surface area contributed by atoms with Gasteiger partial charge in [0.2, 0.25) is 5.95 Å². The second kappa shape index (κ2) is 6.70. The van der Waals surface area contributed by atoms with E-state index in [1.165, 1.54) is 30.4 Å². The fourth-order valence-electron chi connectivity index (χ4n) is 3.37. The van der Waals surface area contributed by atoms with Crippen LogP contribution in [0.15, 0.2) is 30.5 Å². The summed E-state index contributed by atoms with van der Waals surface area (Å²) in [5, 5.41) is 8.85. The molecular weight excluding hydrogens is 312 g/mol. The first-order valence-electron chi connectivity index (χ1n) is 8.95. The Hall–Kier alpha value is -2.63. The van der Waals surface area contributed by atoms with Gasteiger partial charge < -0.3 is 10.2 Å². The van der Waals surface area contributed by atoms with E-state index in [9.17, 15) is 0 Å². The van der Waals surface area contributed by atoms with Gasteiger partial charge in [0.1, 0.15) is 5.82 Å². The second-order valence-corrected chi connectivity index (χ2v) is 6.71. The van der Waals surface area contributed by atoms with Crippen LogP contribution in [-0.2, 0) is 13.6 Å². The fraction of sp³-hybridized carbons (Fsp3) is 0.421. The Morgan fingerprint density at radius 2 is 1.88 bits per heavy atom. The Labute approximate surface area is 147 Å². The normalized spacial score (nSPS) is 14.9. The van der Waals surface area contributed by atoms with Gasteiger partial charge in [-0.1, -0.05) is 24.3 Å². The molecule has 2 aromatic heterocycles. The highest BCUT2D eigenvalue weighted by atomic mass is 15.3. The number of benzene rings is 1. The quantitative estimate of drug-likeness (QED) is 0.792. The van der Waals surface area contributed by atoms with E-state index in [4.69, 9.17) is 9.97 Å². The van der Waals surface area contributed by atoms with Gasteiger partial charge in [0.05, 0.1) is 11.6 Å². The van der Waals surface area contributed by atoms with Crippen molar-refractivity contribution >= 4 is 22.8 Å². The number of fused-ring (bicyclic) bond motifs is 1. The van der Waals surface area contributed by atoms with Crippen molar-refractivity contribution in [1.82, 2.24) is 19.7 Å². The Kier molecular flexibility index (Phi) is 4.26. The molecule has 0 aliphatic carbocycles. The molecule has 6 heteroatoms. The number of anilines is 2. The lowest BCUT2D eigenvalue weighted by Crippen LogP contribution is -2.31. The lowest BCUT2D eigenvalue weighted by Gasteiger charge is -2.27. The maximum absolute atomic E-state index is 4.83. The first kappa shape index (κ1) is 15.9. The van der Waals surface area contributed by atoms with Crippen LogP contribution in [0.25, 0.3) is 11.0 Å². The van der Waals surface area contributed by atoms with Crippen molar-refractivity contribution in [2.75, 3.05) is 23.3 Å². The molecule has 0 bridgehead atoms. The SMILES string of the molecule is Cc1ccccc1CNc1nc(N2CCCCC2)nc2c1cnn2C. The van der Waals surface area contributed by atoms with Gasteiger partial charge in [-0.2, -0.15) is 15.1 Å². The third-order valence-electron chi connectivity index (χ3n) is 4.93. The number of aryl methyl sites for hydroxylation is 2. The van der Waals surface area contributed by atoms with Crippen molar-refractivity contribution in [3.63, 3.8) is 0 Å². The van der Waals surface area contributed by atoms with E-state index < -0.39 is 0 Å². The second-order valence-electron chi connectivity index (χ2n) is 6.71. The molecule has 0 radical (unpaired) electrons. The molecule has 1 aliphatic rings. The average molecular weight is 336 g/mol. The maximum Gasteiger partial charge on any atom is 0.229 e. The van der Waals surface area contributed by atoms with Crippen LogP contribution >= 0.6 is 0 Å². The highest BCUT2D eigenvalue weighted by Crippen LogP contribution is 2.25. The molecule has 1 N–H and O–H groups in total. The van der Waals surface area contributed by atoms with Gasteiger partial charge in [0.15, 0.2) is 5.65 Å². The van der Waals surface area contributed by atoms with Crippen LogP contribution in [0.4, 0.5) is 11.8 Å². The first-order chi connectivity index (χ1) is 12.2. The molecular formula is C19H24N6. The van der Waals surface area contributed by atoms with Gasteiger partial charge in [0, 0.05) is 26.7 Å². The highest BCUT2D eigenvalue weighted by molar-refractivity contribution is 5.87. The highest BCUT2D eigenvalue weighted by Gasteiger charge is 2.18. The number of nitrogens with zero attached hydrogens (tertiary/aromatic N) is 5. The largest absolute Gasteiger partial charge is 0.365 e. The van der Waals surface area contributed by atoms with Gasteiger partial charge in [-0.3, -0.25) is 4.68 Å². The van der Waals surface area contributed by atoms with Crippen LogP contribution in [0.2, 0.25) is 0 Å². The monoisotopic (exact) mass is 336 g/mol. The molecule has 1 fully saturated rings. The van der Waals surface area contributed by atoms with E-state index in [2.05, 4.69) is 46.5 Å². The number of rotatable bonds is 4. The predicted octanol–water partition coefficient (Wildman–Crippen LogP) is 3.27. The van der Waals surface area contributed by atoms with Crippen LogP contribution in [0.5, 0.6) is 0 Å². The molecule has 130 valence electrons. The summed E-state index contributed by atoms with van der Waals surface area (Å²) in [6, 6.07) is 8.42. The van der Waals surface area contributed by atoms with E-state index in [1.807, 2.05) is 17.9 Å². The van der Waals surface area contributed by atoms with E-state index in [0.29, 0.717) is 0 Å². The summed E-state index contributed by atoms with van der Waals surface area (Å²) < 4.78 is 1.82. The smallest absolute Gasteiger partial charge is 0.229 e. The van der Waals surface area contributed by atoms with Crippen molar-refractivity contribution in [1.29, 1.82) is 0 Å². The van der Waals surface area contributed by atoms with Crippen LogP contribution in [-0.4, -0.2) is 32.8 Å². The van der Waals surface area contributed by atoms with Crippen molar-refractivity contribution in [2.24, 2.45) is 7.05 Å². The molecule has 3 aromatic rings. The van der Waals surface area contributed by atoms with E-state index in [1.54, 1.807) is 0 Å². The minimum absolute atomic E-state index is 0.743. The van der Waals surface area contributed by atoms with Gasteiger partial charge >= 0.3 is 0 Å². The molecule has 1 aliphatic heterocycles. The van der Waals surface area contributed by atoms with Crippen LogP contribution < -0.4 is 10.2 Å². The molecule has 0 spiro atoms. The minimum Gasteiger partial charge on any atom is -0.365 e. The summed E-state index contributed by atoms with van der Waals surface area (Å²) >= 11 is 0. The Morgan fingerprint density at radius 3 is 2.68 bits per heavy atom. The van der Waals surface area contributed by atoms with E-state index in [-0.39, 0.29) is 0 Å². The molecule has 0 unspecified atom stereocenters. The van der Waals surface area contributed by atoms with Gasteiger partial charge in [0.25, 0.3) is 0 Å². The minimum atomic E-state index is 0.743. The standard InChI is InChI=1S/C19H24N6/c1-14-8-4-5-9-15(14)12-20-17-16-13-21-24(2)18(16)23-19(22-17)25-10-6-3-7-11-25/h4-5,8-9,13H,3,6-7,10-12H2,1-2H3,(H,20,22,23). The van der Waals surface area contributed by atoms with E-state index >= 15 is 0 Å². The first-order valence-corrected chi connectivity index (χ1v) is 8.95.